The highest BCUT2D eigenvalue weighted by Gasteiger charge is 2.01. The number of rotatable bonds is 2. The number of hydrogen-bond donors (Lipinski definition) is 0. The maximum Gasteiger partial charge on any atom is 0.302 e. The first-order valence-corrected chi connectivity index (χ1v) is 8.32. The summed E-state index contributed by atoms with van der Waals surface area (Å²) in [6.07, 6.45) is 1.87. The van der Waals surface area contributed by atoms with Gasteiger partial charge in [0.1, 0.15) is 0 Å². The van der Waals surface area contributed by atoms with E-state index in [1.54, 1.807) is 0 Å². The summed E-state index contributed by atoms with van der Waals surface area (Å²) in [7, 11) is 1.35. The van der Waals surface area contributed by atoms with Crippen molar-refractivity contribution in [3.05, 3.63) is 79.0 Å². The van der Waals surface area contributed by atoms with E-state index in [2.05, 4.69) is 52.2 Å². The normalized spacial score (nSPS) is 8.96. The van der Waals surface area contributed by atoms with Crippen molar-refractivity contribution >= 4 is 5.97 Å². The summed E-state index contributed by atoms with van der Waals surface area (Å²) in [5.41, 5.74) is 4.58. The van der Waals surface area contributed by atoms with Crippen LogP contribution >= 0.6 is 0 Å². The van der Waals surface area contributed by atoms with Crippen LogP contribution in [0, 0.1) is 0 Å². The van der Waals surface area contributed by atoms with Crippen molar-refractivity contribution in [1.29, 1.82) is 0 Å². The molecule has 1 aromatic heterocycles. The Kier molecular flexibility index (Phi) is 9.31. The third-order valence-electron chi connectivity index (χ3n) is 3.22. The fraction of sp³-hybridized carbons (Fsp3) is 0.182. The third kappa shape index (κ3) is 7.00. The summed E-state index contributed by atoms with van der Waals surface area (Å²) < 4.78 is 4.11. The molecule has 0 fully saturated rings. The lowest BCUT2D eigenvalue weighted by Gasteiger charge is -2.04. The summed E-state index contributed by atoms with van der Waals surface area (Å²) in [5, 5.41) is 0. The predicted octanol–water partition coefficient (Wildman–Crippen LogP) is 5.62. The number of esters is 1. The summed E-state index contributed by atoms with van der Waals surface area (Å²) >= 11 is 0. The van der Waals surface area contributed by atoms with Crippen LogP contribution in [0.4, 0.5) is 0 Å². The Labute approximate surface area is 150 Å². The van der Waals surface area contributed by atoms with Gasteiger partial charge in [-0.1, -0.05) is 74.5 Å². The molecule has 0 spiro atoms. The van der Waals surface area contributed by atoms with Crippen LogP contribution in [0.1, 0.15) is 20.8 Å². The predicted molar refractivity (Wildman–Crippen MR) is 104 cm³/mol. The van der Waals surface area contributed by atoms with Gasteiger partial charge in [0.2, 0.25) is 0 Å². The van der Waals surface area contributed by atoms with E-state index in [0.29, 0.717) is 0 Å². The summed E-state index contributed by atoms with van der Waals surface area (Å²) in [4.78, 5) is 14.0. The molecule has 3 rings (SSSR count). The number of ether oxygens (including phenoxy) is 1. The van der Waals surface area contributed by atoms with Crippen LogP contribution < -0.4 is 0 Å². The number of pyridine rings is 1. The fourth-order valence-corrected chi connectivity index (χ4v) is 2.01. The van der Waals surface area contributed by atoms with Crippen molar-refractivity contribution in [3.8, 4) is 22.4 Å². The smallest absolute Gasteiger partial charge is 0.302 e. The van der Waals surface area contributed by atoms with Crippen molar-refractivity contribution in [2.45, 2.75) is 20.8 Å². The van der Waals surface area contributed by atoms with Crippen LogP contribution in [0.3, 0.4) is 0 Å². The molecule has 0 N–H and O–H groups in total. The minimum absolute atomic E-state index is 0.245. The number of carbonyl (C=O) groups excluding carboxylic acids is 1. The summed E-state index contributed by atoms with van der Waals surface area (Å²) in [5.74, 6) is -0.245. The average Bonchev–Trinajstić information content (AvgIpc) is 2.71. The van der Waals surface area contributed by atoms with Crippen LogP contribution in [-0.4, -0.2) is 18.1 Å². The molecule has 0 saturated heterocycles. The molecule has 3 nitrogen and oxygen atoms in total. The topological polar surface area (TPSA) is 39.2 Å². The van der Waals surface area contributed by atoms with Gasteiger partial charge in [0.05, 0.1) is 12.8 Å². The zero-order valence-corrected chi connectivity index (χ0v) is 15.3. The number of hydrogen-bond acceptors (Lipinski definition) is 3. The second kappa shape index (κ2) is 11.6. The first-order chi connectivity index (χ1) is 12.2. The molecule has 0 aliphatic rings. The van der Waals surface area contributed by atoms with Gasteiger partial charge in [-0.2, -0.15) is 0 Å². The van der Waals surface area contributed by atoms with E-state index in [1.807, 2.05) is 50.4 Å². The highest BCUT2D eigenvalue weighted by Crippen LogP contribution is 2.23. The van der Waals surface area contributed by atoms with Gasteiger partial charge in [-0.25, -0.2) is 0 Å². The zero-order chi connectivity index (χ0) is 18.5. The van der Waals surface area contributed by atoms with Crippen LogP contribution in [0.5, 0.6) is 0 Å². The summed E-state index contributed by atoms with van der Waals surface area (Å²) in [6, 6.07) is 24.8. The monoisotopic (exact) mass is 335 g/mol. The molecule has 0 saturated carbocycles. The lowest BCUT2D eigenvalue weighted by molar-refractivity contribution is -0.137. The van der Waals surface area contributed by atoms with Crippen LogP contribution in [0.2, 0.25) is 0 Å². The van der Waals surface area contributed by atoms with Crippen molar-refractivity contribution in [3.63, 3.8) is 0 Å². The SMILES string of the molecule is CC.COC(C)=O.c1ccc(-c2ccnc(-c3ccccc3)c2)cc1. The summed E-state index contributed by atoms with van der Waals surface area (Å²) in [6.45, 7) is 5.36. The molecule has 0 aliphatic carbocycles. The van der Waals surface area contributed by atoms with E-state index in [1.165, 1.54) is 25.2 Å². The molecule has 3 aromatic rings. The molecule has 130 valence electrons. The molecule has 25 heavy (non-hydrogen) atoms. The van der Waals surface area contributed by atoms with Crippen LogP contribution in [0.25, 0.3) is 22.4 Å². The van der Waals surface area contributed by atoms with Gasteiger partial charge in [-0.15, -0.1) is 0 Å². The Hall–Kier alpha value is -2.94. The second-order valence-corrected chi connectivity index (χ2v) is 4.86. The number of nitrogens with zero attached hydrogens (tertiary/aromatic N) is 1. The highest BCUT2D eigenvalue weighted by atomic mass is 16.5. The molecule has 0 atom stereocenters. The Morgan fingerprint density at radius 2 is 1.28 bits per heavy atom. The minimum Gasteiger partial charge on any atom is -0.469 e. The van der Waals surface area contributed by atoms with Crippen molar-refractivity contribution < 1.29 is 9.53 Å². The number of benzene rings is 2. The molecule has 0 amide bonds. The zero-order valence-electron chi connectivity index (χ0n) is 15.3. The number of carbonyl (C=O) groups is 1. The van der Waals surface area contributed by atoms with E-state index in [9.17, 15) is 4.79 Å². The minimum atomic E-state index is -0.245. The first kappa shape index (κ1) is 20.1. The molecular formula is C22H25NO2. The average molecular weight is 335 g/mol. The van der Waals surface area contributed by atoms with Gasteiger partial charge in [0.15, 0.2) is 0 Å². The van der Waals surface area contributed by atoms with Gasteiger partial charge in [-0.05, 0) is 23.3 Å². The van der Waals surface area contributed by atoms with E-state index in [4.69, 9.17) is 0 Å². The molecule has 0 unspecified atom stereocenters. The lowest BCUT2D eigenvalue weighted by Crippen LogP contribution is -1.88. The van der Waals surface area contributed by atoms with Crippen LogP contribution in [-0.2, 0) is 9.53 Å². The van der Waals surface area contributed by atoms with Crippen molar-refractivity contribution in [1.82, 2.24) is 4.98 Å². The van der Waals surface area contributed by atoms with Crippen molar-refractivity contribution in [2.24, 2.45) is 0 Å². The molecule has 0 radical (unpaired) electrons. The molecular weight excluding hydrogens is 310 g/mol. The molecule has 1 heterocycles. The Morgan fingerprint density at radius 3 is 1.76 bits per heavy atom. The largest absolute Gasteiger partial charge is 0.469 e. The fourth-order valence-electron chi connectivity index (χ4n) is 2.01. The molecule has 2 aromatic carbocycles. The van der Waals surface area contributed by atoms with Gasteiger partial charge < -0.3 is 4.74 Å². The molecule has 3 heteroatoms. The second-order valence-electron chi connectivity index (χ2n) is 4.86. The third-order valence-corrected chi connectivity index (χ3v) is 3.22. The molecule has 0 bridgehead atoms. The van der Waals surface area contributed by atoms with Gasteiger partial charge >= 0.3 is 5.97 Å². The number of methoxy groups -OCH3 is 1. The molecule has 0 aliphatic heterocycles. The van der Waals surface area contributed by atoms with E-state index in [0.717, 1.165) is 11.3 Å². The quantitative estimate of drug-likeness (QED) is 0.570. The maximum absolute atomic E-state index is 9.59. The van der Waals surface area contributed by atoms with E-state index >= 15 is 0 Å². The van der Waals surface area contributed by atoms with E-state index < -0.39 is 0 Å². The van der Waals surface area contributed by atoms with Gasteiger partial charge in [-0.3, -0.25) is 9.78 Å². The lowest BCUT2D eigenvalue weighted by atomic mass is 10.0. The Morgan fingerprint density at radius 1 is 0.800 bits per heavy atom. The highest BCUT2D eigenvalue weighted by molar-refractivity contribution is 5.70. The van der Waals surface area contributed by atoms with E-state index in [-0.39, 0.29) is 5.97 Å². The Bertz CT molecular complexity index is 685. The van der Waals surface area contributed by atoms with Gasteiger partial charge in [0.25, 0.3) is 0 Å². The van der Waals surface area contributed by atoms with Gasteiger partial charge in [0, 0.05) is 18.7 Å². The van der Waals surface area contributed by atoms with Crippen molar-refractivity contribution in [2.75, 3.05) is 7.11 Å². The number of aromatic nitrogens is 1. The standard InChI is InChI=1S/C17H13N.C3H6O2.C2H6/c1-3-7-14(8-4-1)16-11-12-18-17(13-16)15-9-5-2-6-10-15;1-3(4)5-2;1-2/h1-13H;1-2H3;1-2H3. The maximum atomic E-state index is 9.59. The Balaban J connectivity index is 0.000000388. The first-order valence-electron chi connectivity index (χ1n) is 8.32. The van der Waals surface area contributed by atoms with Crippen LogP contribution in [0.15, 0.2) is 79.0 Å².